The monoisotopic (exact) mass is 412 g/mol. The summed E-state index contributed by atoms with van der Waals surface area (Å²) in [6.45, 7) is 4.83. The van der Waals surface area contributed by atoms with Crippen LogP contribution in [0, 0.1) is 0 Å². The number of fused-ring (bicyclic) bond motifs is 1. The Morgan fingerprint density at radius 1 is 0.839 bits per heavy atom. The molecule has 5 heteroatoms. The van der Waals surface area contributed by atoms with Gasteiger partial charge >= 0.3 is 0 Å². The summed E-state index contributed by atoms with van der Waals surface area (Å²) in [6.07, 6.45) is 0. The summed E-state index contributed by atoms with van der Waals surface area (Å²) >= 11 is 0. The van der Waals surface area contributed by atoms with Gasteiger partial charge in [-0.3, -0.25) is 4.79 Å². The Labute approximate surface area is 181 Å². The lowest BCUT2D eigenvalue weighted by Gasteiger charge is -2.13. The number of pyridine rings is 1. The quantitative estimate of drug-likeness (QED) is 0.407. The molecule has 1 amide bonds. The molecule has 0 saturated heterocycles. The van der Waals surface area contributed by atoms with Gasteiger partial charge in [0.2, 0.25) is 0 Å². The minimum absolute atomic E-state index is 0.215. The Bertz CT molecular complexity index is 1220. The molecule has 5 nitrogen and oxygen atoms in total. The van der Waals surface area contributed by atoms with E-state index in [1.54, 1.807) is 18.2 Å². The summed E-state index contributed by atoms with van der Waals surface area (Å²) in [5.41, 5.74) is 3.93. The Morgan fingerprint density at radius 3 is 2.48 bits per heavy atom. The zero-order valence-electron chi connectivity index (χ0n) is 17.6. The fourth-order valence-electron chi connectivity index (χ4n) is 3.38. The number of hydrogen-bond donors (Lipinski definition) is 1. The molecular weight excluding hydrogens is 388 g/mol. The average Bonchev–Trinajstić information content (AvgIpc) is 2.80. The number of benzene rings is 3. The van der Waals surface area contributed by atoms with Gasteiger partial charge < -0.3 is 14.8 Å². The highest BCUT2D eigenvalue weighted by Gasteiger charge is 2.12. The minimum Gasteiger partial charge on any atom is -0.490 e. The number of nitrogens with one attached hydrogen (secondary N) is 1. The van der Waals surface area contributed by atoms with E-state index in [4.69, 9.17) is 14.5 Å². The molecule has 0 aliphatic rings. The largest absolute Gasteiger partial charge is 0.490 e. The van der Waals surface area contributed by atoms with Crippen molar-refractivity contribution < 1.29 is 14.3 Å². The summed E-state index contributed by atoms with van der Waals surface area (Å²) in [5, 5.41) is 4.06. The average molecular weight is 412 g/mol. The van der Waals surface area contributed by atoms with E-state index in [0.717, 1.165) is 22.2 Å². The molecule has 0 aliphatic heterocycles. The fourth-order valence-corrected chi connectivity index (χ4v) is 3.38. The number of carbonyl (C=O) groups is 1. The second kappa shape index (κ2) is 9.30. The first-order valence-corrected chi connectivity index (χ1v) is 10.3. The standard InChI is InChI=1S/C26H24N2O3/c1-3-30-24-15-13-20(17-25(24)31-4-2)26(29)27-21-10-7-9-19(16-21)23-14-12-18-8-5-6-11-22(18)28-23/h5-17H,3-4H2,1-2H3,(H,27,29). The van der Waals surface area contributed by atoms with Gasteiger partial charge in [-0.05, 0) is 56.3 Å². The van der Waals surface area contributed by atoms with E-state index in [9.17, 15) is 4.79 Å². The van der Waals surface area contributed by atoms with Crippen LogP contribution in [-0.4, -0.2) is 24.1 Å². The smallest absolute Gasteiger partial charge is 0.255 e. The lowest BCUT2D eigenvalue weighted by molar-refractivity contribution is 0.102. The first-order valence-electron chi connectivity index (χ1n) is 10.3. The lowest BCUT2D eigenvalue weighted by Crippen LogP contribution is -2.12. The van der Waals surface area contributed by atoms with Gasteiger partial charge in [0.1, 0.15) is 0 Å². The molecule has 0 fully saturated rings. The van der Waals surface area contributed by atoms with Gasteiger partial charge in [-0.2, -0.15) is 0 Å². The van der Waals surface area contributed by atoms with Crippen LogP contribution < -0.4 is 14.8 Å². The van der Waals surface area contributed by atoms with Crippen molar-refractivity contribution in [2.24, 2.45) is 0 Å². The van der Waals surface area contributed by atoms with Crippen LogP contribution in [-0.2, 0) is 0 Å². The van der Waals surface area contributed by atoms with Crippen molar-refractivity contribution in [1.29, 1.82) is 0 Å². The topological polar surface area (TPSA) is 60.5 Å². The Hall–Kier alpha value is -3.86. The van der Waals surface area contributed by atoms with Crippen LogP contribution in [0.2, 0.25) is 0 Å². The predicted molar refractivity (Wildman–Crippen MR) is 124 cm³/mol. The molecule has 0 atom stereocenters. The highest BCUT2D eigenvalue weighted by Crippen LogP contribution is 2.29. The number of ether oxygens (including phenoxy) is 2. The highest BCUT2D eigenvalue weighted by atomic mass is 16.5. The number of para-hydroxylation sites is 1. The maximum atomic E-state index is 12.8. The molecule has 1 N–H and O–H groups in total. The maximum Gasteiger partial charge on any atom is 0.255 e. The minimum atomic E-state index is -0.215. The van der Waals surface area contributed by atoms with Crippen molar-refractivity contribution in [2.75, 3.05) is 18.5 Å². The van der Waals surface area contributed by atoms with Gasteiger partial charge in [0, 0.05) is 22.2 Å². The van der Waals surface area contributed by atoms with Crippen LogP contribution in [0.1, 0.15) is 24.2 Å². The van der Waals surface area contributed by atoms with Crippen LogP contribution in [0.25, 0.3) is 22.2 Å². The van der Waals surface area contributed by atoms with Crippen molar-refractivity contribution in [3.05, 3.63) is 84.4 Å². The molecule has 0 saturated carbocycles. The SMILES string of the molecule is CCOc1ccc(C(=O)Nc2cccc(-c3ccc4ccccc4n3)c2)cc1OCC. The third-order valence-electron chi connectivity index (χ3n) is 4.82. The van der Waals surface area contributed by atoms with Crippen LogP contribution in [0.15, 0.2) is 78.9 Å². The van der Waals surface area contributed by atoms with Gasteiger partial charge in [0.05, 0.1) is 24.4 Å². The first kappa shape index (κ1) is 20.4. The maximum absolute atomic E-state index is 12.8. The van der Waals surface area contributed by atoms with Gasteiger partial charge in [-0.15, -0.1) is 0 Å². The molecule has 4 rings (SSSR count). The second-order valence-electron chi connectivity index (χ2n) is 6.95. The predicted octanol–water partition coefficient (Wildman–Crippen LogP) is 5.95. The zero-order valence-corrected chi connectivity index (χ0v) is 17.6. The molecule has 0 aliphatic carbocycles. The molecule has 1 heterocycles. The van der Waals surface area contributed by atoms with E-state index in [-0.39, 0.29) is 5.91 Å². The molecule has 0 unspecified atom stereocenters. The van der Waals surface area contributed by atoms with E-state index >= 15 is 0 Å². The van der Waals surface area contributed by atoms with E-state index < -0.39 is 0 Å². The van der Waals surface area contributed by atoms with Crippen molar-refractivity contribution in [1.82, 2.24) is 4.98 Å². The molecule has 31 heavy (non-hydrogen) atoms. The Kier molecular flexibility index (Phi) is 6.13. The lowest BCUT2D eigenvalue weighted by atomic mass is 10.1. The molecule has 1 aromatic heterocycles. The number of anilines is 1. The van der Waals surface area contributed by atoms with Crippen molar-refractivity contribution in [3.8, 4) is 22.8 Å². The fraction of sp³-hybridized carbons (Fsp3) is 0.154. The van der Waals surface area contributed by atoms with E-state index in [1.165, 1.54) is 0 Å². The Morgan fingerprint density at radius 2 is 1.65 bits per heavy atom. The van der Waals surface area contributed by atoms with Crippen LogP contribution >= 0.6 is 0 Å². The molecule has 0 spiro atoms. The molecular formula is C26H24N2O3. The van der Waals surface area contributed by atoms with Crippen LogP contribution in [0.5, 0.6) is 11.5 Å². The number of rotatable bonds is 7. The van der Waals surface area contributed by atoms with Crippen molar-refractivity contribution >= 4 is 22.5 Å². The number of amides is 1. The summed E-state index contributed by atoms with van der Waals surface area (Å²) < 4.78 is 11.2. The van der Waals surface area contributed by atoms with E-state index in [0.29, 0.717) is 36.0 Å². The highest BCUT2D eigenvalue weighted by molar-refractivity contribution is 6.05. The third kappa shape index (κ3) is 4.67. The first-order chi connectivity index (χ1) is 15.2. The molecule has 0 radical (unpaired) electrons. The zero-order chi connectivity index (χ0) is 21.6. The molecule has 156 valence electrons. The summed E-state index contributed by atoms with van der Waals surface area (Å²) in [5.74, 6) is 0.976. The van der Waals surface area contributed by atoms with Crippen molar-refractivity contribution in [2.45, 2.75) is 13.8 Å². The van der Waals surface area contributed by atoms with Gasteiger partial charge in [0.25, 0.3) is 5.91 Å². The number of hydrogen-bond acceptors (Lipinski definition) is 4. The number of nitrogens with zero attached hydrogens (tertiary/aromatic N) is 1. The molecule has 3 aromatic carbocycles. The second-order valence-corrected chi connectivity index (χ2v) is 6.95. The number of aromatic nitrogens is 1. The van der Waals surface area contributed by atoms with Gasteiger partial charge in [0.15, 0.2) is 11.5 Å². The Balaban J connectivity index is 1.57. The van der Waals surface area contributed by atoms with Gasteiger partial charge in [-0.1, -0.05) is 36.4 Å². The van der Waals surface area contributed by atoms with Crippen molar-refractivity contribution in [3.63, 3.8) is 0 Å². The van der Waals surface area contributed by atoms with Crippen LogP contribution in [0.3, 0.4) is 0 Å². The summed E-state index contributed by atoms with van der Waals surface area (Å²) in [7, 11) is 0. The van der Waals surface area contributed by atoms with Crippen LogP contribution in [0.4, 0.5) is 5.69 Å². The normalized spacial score (nSPS) is 10.6. The summed E-state index contributed by atoms with van der Waals surface area (Å²) in [4.78, 5) is 17.6. The third-order valence-corrected chi connectivity index (χ3v) is 4.82. The number of carbonyl (C=O) groups excluding carboxylic acids is 1. The van der Waals surface area contributed by atoms with E-state index in [2.05, 4.69) is 11.4 Å². The summed E-state index contributed by atoms with van der Waals surface area (Å²) in [6, 6.07) is 24.9. The van der Waals surface area contributed by atoms with Gasteiger partial charge in [-0.25, -0.2) is 4.98 Å². The molecule has 0 bridgehead atoms. The van der Waals surface area contributed by atoms with E-state index in [1.807, 2.05) is 68.4 Å². The molecule has 4 aromatic rings.